The third-order valence-electron chi connectivity index (χ3n) is 3.25. The Morgan fingerprint density at radius 2 is 1.95 bits per heavy atom. The van der Waals surface area contributed by atoms with Crippen molar-refractivity contribution < 1.29 is 15.1 Å². The molecule has 0 saturated carbocycles. The zero-order valence-corrected chi connectivity index (χ0v) is 12.0. The molecule has 0 aliphatic rings. The van der Waals surface area contributed by atoms with Gasteiger partial charge in [-0.05, 0) is 18.6 Å². The SMILES string of the molecule is CC(O)(CN=Cc1cc([N+](=O)[O-])ccc1O)c1ccccc1. The Labute approximate surface area is 127 Å². The minimum Gasteiger partial charge on any atom is -0.507 e. The number of aliphatic imine (C=N–C) groups is 1. The third kappa shape index (κ3) is 3.67. The van der Waals surface area contributed by atoms with Crippen molar-refractivity contribution in [3.8, 4) is 5.75 Å². The molecule has 0 aliphatic heterocycles. The Balaban J connectivity index is 2.16. The van der Waals surface area contributed by atoms with Crippen LogP contribution in [0.1, 0.15) is 18.1 Å². The van der Waals surface area contributed by atoms with E-state index in [1.165, 1.54) is 24.4 Å². The van der Waals surface area contributed by atoms with Crippen LogP contribution in [0.4, 0.5) is 5.69 Å². The molecular weight excluding hydrogens is 284 g/mol. The maximum atomic E-state index is 10.7. The fraction of sp³-hybridized carbons (Fsp3) is 0.188. The van der Waals surface area contributed by atoms with Gasteiger partial charge in [-0.1, -0.05) is 30.3 Å². The van der Waals surface area contributed by atoms with E-state index in [2.05, 4.69) is 4.99 Å². The number of nitro groups is 1. The molecule has 0 aromatic heterocycles. The molecule has 1 unspecified atom stereocenters. The summed E-state index contributed by atoms with van der Waals surface area (Å²) in [6.07, 6.45) is 1.32. The molecule has 0 saturated heterocycles. The van der Waals surface area contributed by atoms with E-state index in [4.69, 9.17) is 0 Å². The second kappa shape index (κ2) is 6.36. The highest BCUT2D eigenvalue weighted by Gasteiger charge is 2.21. The third-order valence-corrected chi connectivity index (χ3v) is 3.25. The number of nitro benzene ring substituents is 1. The van der Waals surface area contributed by atoms with E-state index in [0.717, 1.165) is 5.56 Å². The van der Waals surface area contributed by atoms with E-state index in [0.29, 0.717) is 0 Å². The van der Waals surface area contributed by atoms with Gasteiger partial charge in [0, 0.05) is 23.9 Å². The molecule has 0 bridgehead atoms. The standard InChI is InChI=1S/C16H16N2O4/c1-16(20,13-5-3-2-4-6-13)11-17-10-12-9-14(18(21)22)7-8-15(12)19/h2-10,19-20H,11H2,1H3. The summed E-state index contributed by atoms with van der Waals surface area (Å²) in [5, 5.41) is 30.8. The molecule has 0 amide bonds. The predicted octanol–water partition coefficient (Wildman–Crippen LogP) is 2.63. The van der Waals surface area contributed by atoms with Gasteiger partial charge in [0.15, 0.2) is 0 Å². The first-order valence-corrected chi connectivity index (χ1v) is 6.65. The highest BCUT2D eigenvalue weighted by atomic mass is 16.6. The van der Waals surface area contributed by atoms with Gasteiger partial charge in [-0.2, -0.15) is 0 Å². The van der Waals surface area contributed by atoms with Crippen molar-refractivity contribution in [1.29, 1.82) is 0 Å². The summed E-state index contributed by atoms with van der Waals surface area (Å²) in [7, 11) is 0. The Bertz CT molecular complexity index is 697. The quantitative estimate of drug-likeness (QED) is 0.504. The summed E-state index contributed by atoms with van der Waals surface area (Å²) in [5.41, 5.74) is -0.337. The van der Waals surface area contributed by atoms with Crippen LogP contribution in [0.2, 0.25) is 0 Å². The molecule has 0 heterocycles. The van der Waals surface area contributed by atoms with E-state index >= 15 is 0 Å². The van der Waals surface area contributed by atoms with Crippen molar-refractivity contribution >= 4 is 11.9 Å². The number of hydrogen-bond donors (Lipinski definition) is 2. The number of benzene rings is 2. The number of nitrogens with zero attached hydrogens (tertiary/aromatic N) is 2. The highest BCUT2D eigenvalue weighted by Crippen LogP contribution is 2.23. The molecule has 0 radical (unpaired) electrons. The molecule has 6 heteroatoms. The Hall–Kier alpha value is -2.73. The summed E-state index contributed by atoms with van der Waals surface area (Å²) < 4.78 is 0. The molecule has 2 aromatic rings. The van der Waals surface area contributed by atoms with Crippen LogP contribution in [0.3, 0.4) is 0 Å². The number of aromatic hydroxyl groups is 1. The zero-order valence-electron chi connectivity index (χ0n) is 12.0. The molecule has 0 spiro atoms. The van der Waals surface area contributed by atoms with Crippen LogP contribution in [0.25, 0.3) is 0 Å². The lowest BCUT2D eigenvalue weighted by molar-refractivity contribution is -0.384. The van der Waals surface area contributed by atoms with Crippen LogP contribution in [0.15, 0.2) is 53.5 Å². The second-order valence-corrected chi connectivity index (χ2v) is 5.11. The smallest absolute Gasteiger partial charge is 0.270 e. The molecule has 0 aliphatic carbocycles. The Kier molecular flexibility index (Phi) is 4.53. The van der Waals surface area contributed by atoms with Gasteiger partial charge in [-0.3, -0.25) is 15.1 Å². The van der Waals surface area contributed by atoms with Gasteiger partial charge in [0.2, 0.25) is 0 Å². The Morgan fingerprint density at radius 3 is 2.59 bits per heavy atom. The molecule has 0 fully saturated rings. The lowest BCUT2D eigenvalue weighted by Crippen LogP contribution is -2.24. The number of aliphatic hydroxyl groups is 1. The molecule has 1 atom stereocenters. The number of phenolic OH excluding ortho intramolecular Hbond substituents is 1. The normalized spacial score (nSPS) is 13.9. The number of non-ortho nitro benzene ring substituents is 1. The largest absolute Gasteiger partial charge is 0.507 e. The van der Waals surface area contributed by atoms with Gasteiger partial charge in [-0.25, -0.2) is 0 Å². The van der Waals surface area contributed by atoms with Gasteiger partial charge >= 0.3 is 0 Å². The summed E-state index contributed by atoms with van der Waals surface area (Å²) >= 11 is 0. The lowest BCUT2D eigenvalue weighted by atomic mass is 9.96. The van der Waals surface area contributed by atoms with Gasteiger partial charge in [0.05, 0.1) is 11.5 Å². The summed E-state index contributed by atoms with van der Waals surface area (Å²) in [6, 6.07) is 12.8. The maximum Gasteiger partial charge on any atom is 0.270 e. The van der Waals surface area contributed by atoms with Gasteiger partial charge < -0.3 is 10.2 Å². The van der Waals surface area contributed by atoms with Crippen LogP contribution in [-0.4, -0.2) is 27.9 Å². The highest BCUT2D eigenvalue weighted by molar-refractivity contribution is 5.84. The van der Waals surface area contributed by atoms with Crippen molar-refractivity contribution in [1.82, 2.24) is 0 Å². The second-order valence-electron chi connectivity index (χ2n) is 5.11. The maximum absolute atomic E-state index is 10.7. The van der Waals surface area contributed by atoms with Gasteiger partial charge in [0.25, 0.3) is 5.69 Å². The zero-order chi connectivity index (χ0) is 16.2. The summed E-state index contributed by atoms with van der Waals surface area (Å²) in [5.74, 6) is -0.103. The van der Waals surface area contributed by atoms with Crippen LogP contribution in [0.5, 0.6) is 5.75 Å². The predicted molar refractivity (Wildman–Crippen MR) is 83.2 cm³/mol. The average molecular weight is 300 g/mol. The van der Waals surface area contributed by atoms with Crippen LogP contribution in [0, 0.1) is 10.1 Å². The molecule has 114 valence electrons. The van der Waals surface area contributed by atoms with E-state index in [9.17, 15) is 20.3 Å². The van der Waals surface area contributed by atoms with Crippen LogP contribution >= 0.6 is 0 Å². The van der Waals surface area contributed by atoms with Crippen LogP contribution < -0.4 is 0 Å². The topological polar surface area (TPSA) is 96.0 Å². The van der Waals surface area contributed by atoms with E-state index in [1.807, 2.05) is 18.2 Å². The molecular formula is C16H16N2O4. The summed E-state index contributed by atoms with van der Waals surface area (Å²) in [6.45, 7) is 1.70. The molecule has 6 nitrogen and oxygen atoms in total. The minimum absolute atomic E-state index is 0.0686. The van der Waals surface area contributed by atoms with Gasteiger partial charge in [0.1, 0.15) is 11.4 Å². The first kappa shape index (κ1) is 15.7. The molecule has 2 rings (SSSR count). The first-order chi connectivity index (χ1) is 10.4. The molecule has 2 N–H and O–H groups in total. The molecule has 2 aromatic carbocycles. The number of hydrogen-bond acceptors (Lipinski definition) is 5. The van der Waals surface area contributed by atoms with Crippen molar-refractivity contribution in [3.05, 3.63) is 69.8 Å². The lowest BCUT2D eigenvalue weighted by Gasteiger charge is -2.21. The van der Waals surface area contributed by atoms with Crippen LogP contribution in [-0.2, 0) is 5.60 Å². The summed E-state index contributed by atoms with van der Waals surface area (Å²) in [4.78, 5) is 14.3. The van der Waals surface area contributed by atoms with E-state index in [1.54, 1.807) is 19.1 Å². The number of rotatable bonds is 5. The first-order valence-electron chi connectivity index (χ1n) is 6.65. The number of phenols is 1. The average Bonchev–Trinajstić information content (AvgIpc) is 2.49. The van der Waals surface area contributed by atoms with E-state index in [-0.39, 0.29) is 23.5 Å². The van der Waals surface area contributed by atoms with Gasteiger partial charge in [-0.15, -0.1) is 0 Å². The Morgan fingerprint density at radius 1 is 1.27 bits per heavy atom. The fourth-order valence-corrected chi connectivity index (χ4v) is 1.97. The van der Waals surface area contributed by atoms with E-state index < -0.39 is 10.5 Å². The minimum atomic E-state index is -1.16. The molecule has 22 heavy (non-hydrogen) atoms. The van der Waals surface area contributed by atoms with Crippen molar-refractivity contribution in [2.24, 2.45) is 4.99 Å². The van der Waals surface area contributed by atoms with Crippen molar-refractivity contribution in [3.63, 3.8) is 0 Å². The monoisotopic (exact) mass is 300 g/mol. The van der Waals surface area contributed by atoms with Crippen molar-refractivity contribution in [2.75, 3.05) is 6.54 Å². The fourth-order valence-electron chi connectivity index (χ4n) is 1.97. The van der Waals surface area contributed by atoms with Crippen molar-refractivity contribution in [2.45, 2.75) is 12.5 Å².